The van der Waals surface area contributed by atoms with E-state index in [1.165, 1.54) is 11.1 Å². The predicted molar refractivity (Wildman–Crippen MR) is 87.4 cm³/mol. The summed E-state index contributed by atoms with van der Waals surface area (Å²) in [6.07, 6.45) is 0.840. The van der Waals surface area contributed by atoms with Crippen molar-refractivity contribution in [3.63, 3.8) is 0 Å². The first-order valence-corrected chi connectivity index (χ1v) is 7.27. The molecule has 0 saturated carbocycles. The Morgan fingerprint density at radius 2 is 1.86 bits per heavy atom. The fourth-order valence-corrected chi connectivity index (χ4v) is 3.01. The van der Waals surface area contributed by atoms with Gasteiger partial charge in [0, 0.05) is 11.9 Å². The molecule has 3 rings (SSSR count). The van der Waals surface area contributed by atoms with Crippen LogP contribution in [-0.2, 0) is 6.54 Å². The standard InChI is InChI=1S/C18H16ClNO/c1-12-4-3-5-14(8-12)10-20-17-9-13(2)6-7-15(17)16(11-21)18(20)19/h3-9,11H,10H2,1-2H3. The maximum absolute atomic E-state index is 11.3. The highest BCUT2D eigenvalue weighted by molar-refractivity contribution is 6.34. The molecule has 1 heterocycles. The maximum Gasteiger partial charge on any atom is 0.153 e. The van der Waals surface area contributed by atoms with Gasteiger partial charge in [0.05, 0.1) is 11.1 Å². The van der Waals surface area contributed by atoms with Gasteiger partial charge in [-0.05, 0) is 31.0 Å². The molecule has 0 aliphatic carbocycles. The fraction of sp³-hybridized carbons (Fsp3) is 0.167. The monoisotopic (exact) mass is 297 g/mol. The summed E-state index contributed by atoms with van der Waals surface area (Å²) < 4.78 is 2.00. The number of carbonyl (C=O) groups excluding carboxylic acids is 1. The first-order valence-electron chi connectivity index (χ1n) is 6.89. The van der Waals surface area contributed by atoms with Crippen molar-refractivity contribution in [3.8, 4) is 0 Å². The summed E-state index contributed by atoms with van der Waals surface area (Å²) in [4.78, 5) is 11.3. The van der Waals surface area contributed by atoms with Crippen LogP contribution in [0.15, 0.2) is 42.5 Å². The fourth-order valence-electron chi connectivity index (χ4n) is 2.71. The summed E-state index contributed by atoms with van der Waals surface area (Å²) in [6.45, 7) is 4.77. The van der Waals surface area contributed by atoms with Crippen LogP contribution in [0.4, 0.5) is 0 Å². The van der Waals surface area contributed by atoms with Gasteiger partial charge >= 0.3 is 0 Å². The molecule has 0 spiro atoms. The molecule has 0 N–H and O–H groups in total. The molecule has 21 heavy (non-hydrogen) atoms. The number of hydrogen-bond donors (Lipinski definition) is 0. The van der Waals surface area contributed by atoms with Crippen molar-refractivity contribution in [2.45, 2.75) is 20.4 Å². The Kier molecular flexibility index (Phi) is 3.56. The summed E-state index contributed by atoms with van der Waals surface area (Å²) in [5, 5.41) is 1.42. The van der Waals surface area contributed by atoms with Gasteiger partial charge in [0.2, 0.25) is 0 Å². The van der Waals surface area contributed by atoms with Gasteiger partial charge in [-0.3, -0.25) is 4.79 Å². The number of hydrogen-bond acceptors (Lipinski definition) is 1. The van der Waals surface area contributed by atoms with Gasteiger partial charge in [0.25, 0.3) is 0 Å². The van der Waals surface area contributed by atoms with E-state index >= 15 is 0 Å². The second-order valence-electron chi connectivity index (χ2n) is 5.42. The Morgan fingerprint density at radius 3 is 2.57 bits per heavy atom. The molecule has 0 atom stereocenters. The van der Waals surface area contributed by atoms with Crippen molar-refractivity contribution in [3.05, 3.63) is 69.9 Å². The molecule has 2 aromatic carbocycles. The van der Waals surface area contributed by atoms with Crippen LogP contribution in [0.3, 0.4) is 0 Å². The predicted octanol–water partition coefficient (Wildman–Crippen LogP) is 4.77. The summed E-state index contributed by atoms with van der Waals surface area (Å²) in [6, 6.07) is 14.4. The Bertz CT molecular complexity index is 833. The third kappa shape index (κ3) is 2.47. The molecule has 1 aromatic heterocycles. The molecule has 0 bridgehead atoms. The van der Waals surface area contributed by atoms with Crippen LogP contribution in [0.5, 0.6) is 0 Å². The number of aryl methyl sites for hydroxylation is 2. The van der Waals surface area contributed by atoms with Crippen LogP contribution >= 0.6 is 11.6 Å². The van der Waals surface area contributed by atoms with Gasteiger partial charge in [-0.1, -0.05) is 53.6 Å². The highest BCUT2D eigenvalue weighted by atomic mass is 35.5. The molecule has 106 valence electrons. The average molecular weight is 298 g/mol. The van der Waals surface area contributed by atoms with Gasteiger partial charge in [-0.2, -0.15) is 0 Å². The van der Waals surface area contributed by atoms with E-state index in [-0.39, 0.29) is 0 Å². The van der Waals surface area contributed by atoms with Gasteiger partial charge < -0.3 is 4.57 Å². The highest BCUT2D eigenvalue weighted by Crippen LogP contribution is 2.30. The van der Waals surface area contributed by atoms with Crippen LogP contribution in [-0.4, -0.2) is 10.9 Å². The summed E-state index contributed by atoms with van der Waals surface area (Å²) in [5.74, 6) is 0. The van der Waals surface area contributed by atoms with Crippen molar-refractivity contribution < 1.29 is 4.79 Å². The second-order valence-corrected chi connectivity index (χ2v) is 5.78. The minimum absolute atomic E-state index is 0.507. The highest BCUT2D eigenvalue weighted by Gasteiger charge is 2.15. The third-order valence-corrected chi connectivity index (χ3v) is 4.14. The Hall–Kier alpha value is -2.06. The second kappa shape index (κ2) is 5.38. The Morgan fingerprint density at radius 1 is 1.10 bits per heavy atom. The lowest BCUT2D eigenvalue weighted by atomic mass is 10.1. The number of halogens is 1. The molecule has 0 amide bonds. The molecular weight excluding hydrogens is 282 g/mol. The van der Waals surface area contributed by atoms with E-state index in [1.54, 1.807) is 0 Å². The van der Waals surface area contributed by atoms with Crippen molar-refractivity contribution in [1.29, 1.82) is 0 Å². The van der Waals surface area contributed by atoms with Crippen LogP contribution in [0, 0.1) is 13.8 Å². The van der Waals surface area contributed by atoms with Gasteiger partial charge in [0.15, 0.2) is 6.29 Å². The quantitative estimate of drug-likeness (QED) is 0.638. The van der Waals surface area contributed by atoms with Crippen molar-refractivity contribution in [1.82, 2.24) is 4.57 Å². The number of nitrogens with zero attached hydrogens (tertiary/aromatic N) is 1. The van der Waals surface area contributed by atoms with Crippen molar-refractivity contribution >= 4 is 28.8 Å². The van der Waals surface area contributed by atoms with Crippen molar-refractivity contribution in [2.75, 3.05) is 0 Å². The lowest BCUT2D eigenvalue weighted by Crippen LogP contribution is -2.00. The molecule has 3 aromatic rings. The minimum atomic E-state index is 0.507. The van der Waals surface area contributed by atoms with E-state index in [0.717, 1.165) is 22.8 Å². The molecule has 0 radical (unpaired) electrons. The molecule has 0 unspecified atom stereocenters. The molecule has 0 fully saturated rings. The lowest BCUT2D eigenvalue weighted by molar-refractivity contribution is 0.112. The zero-order valence-corrected chi connectivity index (χ0v) is 12.8. The van der Waals surface area contributed by atoms with Crippen LogP contribution < -0.4 is 0 Å². The van der Waals surface area contributed by atoms with E-state index in [0.29, 0.717) is 17.3 Å². The maximum atomic E-state index is 11.3. The SMILES string of the molecule is Cc1cccc(Cn2c(Cl)c(C=O)c3ccc(C)cc32)c1. The number of rotatable bonds is 3. The summed E-state index contributed by atoms with van der Waals surface area (Å²) in [5.41, 5.74) is 5.11. The van der Waals surface area contributed by atoms with E-state index in [4.69, 9.17) is 11.6 Å². The molecular formula is C18H16ClNO. The van der Waals surface area contributed by atoms with E-state index < -0.39 is 0 Å². The zero-order chi connectivity index (χ0) is 15.0. The number of benzene rings is 2. The third-order valence-electron chi connectivity index (χ3n) is 3.73. The number of fused-ring (bicyclic) bond motifs is 1. The summed E-state index contributed by atoms with van der Waals surface area (Å²) >= 11 is 6.43. The van der Waals surface area contributed by atoms with Gasteiger partial charge in [-0.25, -0.2) is 0 Å². The Labute approximate surface area is 129 Å². The number of aromatic nitrogens is 1. The average Bonchev–Trinajstić information content (AvgIpc) is 2.71. The summed E-state index contributed by atoms with van der Waals surface area (Å²) in [7, 11) is 0. The first kappa shape index (κ1) is 13.9. The van der Waals surface area contributed by atoms with Crippen LogP contribution in [0.2, 0.25) is 5.15 Å². The Balaban J connectivity index is 2.19. The zero-order valence-electron chi connectivity index (χ0n) is 12.1. The topological polar surface area (TPSA) is 22.0 Å². The molecule has 0 aliphatic rings. The van der Waals surface area contributed by atoms with Gasteiger partial charge in [0.1, 0.15) is 5.15 Å². The largest absolute Gasteiger partial charge is 0.327 e. The van der Waals surface area contributed by atoms with Crippen molar-refractivity contribution in [2.24, 2.45) is 0 Å². The number of aldehydes is 1. The van der Waals surface area contributed by atoms with Crippen LogP contribution in [0.1, 0.15) is 27.0 Å². The lowest BCUT2D eigenvalue weighted by Gasteiger charge is -2.08. The first-order chi connectivity index (χ1) is 10.1. The minimum Gasteiger partial charge on any atom is -0.327 e. The van der Waals surface area contributed by atoms with Gasteiger partial charge in [-0.15, -0.1) is 0 Å². The normalized spacial score (nSPS) is 11.0. The smallest absolute Gasteiger partial charge is 0.153 e. The number of carbonyl (C=O) groups is 1. The van der Waals surface area contributed by atoms with E-state index in [2.05, 4.69) is 31.2 Å². The van der Waals surface area contributed by atoms with Crippen LogP contribution in [0.25, 0.3) is 10.9 Å². The molecule has 2 nitrogen and oxygen atoms in total. The van der Waals surface area contributed by atoms with E-state index in [1.807, 2.05) is 29.7 Å². The van der Waals surface area contributed by atoms with E-state index in [9.17, 15) is 4.79 Å². The molecule has 0 saturated heterocycles. The molecule has 3 heteroatoms. The molecule has 0 aliphatic heterocycles.